The van der Waals surface area contributed by atoms with Crippen LogP contribution in [0.15, 0.2) is 30.5 Å². The smallest absolute Gasteiger partial charge is 0.319 e. The maximum absolute atomic E-state index is 16.8. The number of aryl methyl sites for hydroxylation is 1. The molecule has 9 nitrogen and oxygen atoms in total. The zero-order chi connectivity index (χ0) is 31.9. The standard InChI is InChI=1S/C34H36F3N5O4/c1-2-22-25(36)5-4-17-9-21(43)10-23(26(17)22)28-27(37)29-24(12-38-28)32(41-13-18-8-19(14-41)31(45)30(18)44)40-33(39-29)46-16-34-6-3-7-42(34)15-20(35)11-34/h4-5,9-10,12,18-20,30-31,43-45H,2-3,6-8,11,13-16H2,1H3/t18-,19+,20-,30-,31-,34+/m1/s1. The average molecular weight is 636 g/mol. The molecule has 2 bridgehead atoms. The average Bonchev–Trinajstić information content (AvgIpc) is 3.64. The number of rotatable bonds is 6. The molecule has 1 saturated carbocycles. The maximum atomic E-state index is 16.8. The Hall–Kier alpha value is -3.74. The molecular formula is C34H36F3N5O4. The quantitative estimate of drug-likeness (QED) is 0.281. The molecule has 0 amide bonds. The van der Waals surface area contributed by atoms with Crippen molar-refractivity contribution >= 4 is 27.5 Å². The first-order valence-corrected chi connectivity index (χ1v) is 16.1. The largest absolute Gasteiger partial charge is 0.508 e. The zero-order valence-electron chi connectivity index (χ0n) is 25.5. The van der Waals surface area contributed by atoms with Gasteiger partial charge in [0, 0.05) is 49.7 Å². The highest BCUT2D eigenvalue weighted by atomic mass is 19.1. The highest BCUT2D eigenvalue weighted by Gasteiger charge is 2.50. The Kier molecular flexibility index (Phi) is 7.04. The molecule has 0 unspecified atom stereocenters. The number of phenolic OH excluding ortho intramolecular Hbond substituents is 1. The number of halogens is 3. The second kappa shape index (κ2) is 10.9. The number of piperidine rings is 1. The Labute approximate surface area is 263 Å². The van der Waals surface area contributed by atoms with Crippen LogP contribution in [0.25, 0.3) is 32.9 Å². The summed E-state index contributed by atoms with van der Waals surface area (Å²) >= 11 is 0. The number of pyridine rings is 1. The van der Waals surface area contributed by atoms with E-state index in [1.165, 1.54) is 24.4 Å². The number of anilines is 1. The molecule has 242 valence electrons. The van der Waals surface area contributed by atoms with Crippen molar-refractivity contribution in [3.05, 3.63) is 47.7 Å². The molecule has 4 fully saturated rings. The minimum Gasteiger partial charge on any atom is -0.508 e. The van der Waals surface area contributed by atoms with Crippen LogP contribution in [0.3, 0.4) is 0 Å². The molecule has 2 aromatic heterocycles. The van der Waals surface area contributed by atoms with Gasteiger partial charge in [0.25, 0.3) is 0 Å². The minimum atomic E-state index is -0.945. The predicted octanol–water partition coefficient (Wildman–Crippen LogP) is 4.52. The van der Waals surface area contributed by atoms with Crippen LogP contribution < -0.4 is 9.64 Å². The molecule has 4 aromatic rings. The van der Waals surface area contributed by atoms with Gasteiger partial charge in [-0.05, 0) is 66.8 Å². The SMILES string of the molecule is CCc1c(F)ccc2cc(O)cc(-c3ncc4c(N5C[C@H]6C[C@@H](C5)[C@@H](O)[C@@H]6O)nc(OC[C@@]56CCCN5C[C@H](F)C6)nc4c3F)c12. The monoisotopic (exact) mass is 635 g/mol. The molecule has 3 aliphatic heterocycles. The number of ether oxygens (including phenoxy) is 1. The van der Waals surface area contributed by atoms with Gasteiger partial charge in [-0.15, -0.1) is 0 Å². The van der Waals surface area contributed by atoms with E-state index in [1.54, 1.807) is 6.07 Å². The first-order chi connectivity index (χ1) is 22.2. The summed E-state index contributed by atoms with van der Waals surface area (Å²) in [5.74, 6) is -1.34. The Bertz CT molecular complexity index is 1850. The normalized spacial score (nSPS) is 29.3. The van der Waals surface area contributed by atoms with E-state index in [0.29, 0.717) is 66.4 Å². The van der Waals surface area contributed by atoms with Gasteiger partial charge < -0.3 is 25.0 Å². The van der Waals surface area contributed by atoms with Crippen LogP contribution in [-0.4, -0.2) is 91.9 Å². The lowest BCUT2D eigenvalue weighted by Crippen LogP contribution is -2.43. The molecule has 5 heterocycles. The second-order valence-corrected chi connectivity index (χ2v) is 13.5. The van der Waals surface area contributed by atoms with Crippen molar-refractivity contribution in [3.63, 3.8) is 0 Å². The topological polar surface area (TPSA) is 115 Å². The van der Waals surface area contributed by atoms with E-state index in [0.717, 1.165) is 19.4 Å². The van der Waals surface area contributed by atoms with Crippen molar-refractivity contribution in [2.75, 3.05) is 37.7 Å². The fourth-order valence-electron chi connectivity index (χ4n) is 8.60. The summed E-state index contributed by atoms with van der Waals surface area (Å²) in [7, 11) is 0. The van der Waals surface area contributed by atoms with E-state index >= 15 is 4.39 Å². The van der Waals surface area contributed by atoms with Crippen molar-refractivity contribution in [2.24, 2.45) is 11.8 Å². The summed E-state index contributed by atoms with van der Waals surface area (Å²) in [5.41, 5.74) is -0.0309. The van der Waals surface area contributed by atoms with Crippen molar-refractivity contribution in [1.29, 1.82) is 0 Å². The van der Waals surface area contributed by atoms with Crippen LogP contribution in [-0.2, 0) is 6.42 Å². The lowest BCUT2D eigenvalue weighted by Gasteiger charge is -2.34. The van der Waals surface area contributed by atoms with Gasteiger partial charge >= 0.3 is 6.01 Å². The molecule has 4 aliphatic rings. The number of phenols is 1. The summed E-state index contributed by atoms with van der Waals surface area (Å²) in [6, 6.07) is 5.69. The Balaban J connectivity index is 1.27. The van der Waals surface area contributed by atoms with Crippen LogP contribution >= 0.6 is 0 Å². The molecule has 1 aliphatic carbocycles. The van der Waals surface area contributed by atoms with Gasteiger partial charge in [-0.1, -0.05) is 13.0 Å². The molecule has 0 radical (unpaired) electrons. The summed E-state index contributed by atoms with van der Waals surface area (Å²) in [6.45, 7) is 3.88. The number of aromatic hydroxyl groups is 1. The first-order valence-electron chi connectivity index (χ1n) is 16.1. The molecule has 8 rings (SSSR count). The van der Waals surface area contributed by atoms with Gasteiger partial charge in [-0.25, -0.2) is 13.2 Å². The number of nitrogens with zero attached hydrogens (tertiary/aromatic N) is 5. The number of fused-ring (bicyclic) bond motifs is 5. The maximum Gasteiger partial charge on any atom is 0.319 e. The highest BCUT2D eigenvalue weighted by Crippen LogP contribution is 2.44. The van der Waals surface area contributed by atoms with Crippen LogP contribution in [0.4, 0.5) is 19.0 Å². The van der Waals surface area contributed by atoms with Gasteiger partial charge in [0.2, 0.25) is 0 Å². The lowest BCUT2D eigenvalue weighted by molar-refractivity contribution is 0.0130. The van der Waals surface area contributed by atoms with Crippen LogP contribution in [0.2, 0.25) is 0 Å². The van der Waals surface area contributed by atoms with Gasteiger partial charge in [-0.3, -0.25) is 9.88 Å². The van der Waals surface area contributed by atoms with Crippen molar-refractivity contribution < 1.29 is 33.2 Å². The third-order valence-corrected chi connectivity index (χ3v) is 10.8. The number of hydrogen-bond donors (Lipinski definition) is 3. The molecular weight excluding hydrogens is 599 g/mol. The Morgan fingerprint density at radius 3 is 2.61 bits per heavy atom. The van der Waals surface area contributed by atoms with E-state index in [1.807, 2.05) is 11.8 Å². The van der Waals surface area contributed by atoms with E-state index in [-0.39, 0.29) is 47.0 Å². The fourth-order valence-corrected chi connectivity index (χ4v) is 8.60. The number of aliphatic hydroxyl groups is 2. The van der Waals surface area contributed by atoms with Gasteiger partial charge in [-0.2, -0.15) is 9.97 Å². The summed E-state index contributed by atoms with van der Waals surface area (Å²) < 4.78 is 52.5. The fraction of sp³-hybridized carbons (Fsp3) is 0.500. The van der Waals surface area contributed by atoms with Crippen LogP contribution in [0, 0.1) is 23.5 Å². The van der Waals surface area contributed by atoms with E-state index in [9.17, 15) is 24.1 Å². The zero-order valence-corrected chi connectivity index (χ0v) is 25.5. The molecule has 46 heavy (non-hydrogen) atoms. The first kappa shape index (κ1) is 29.6. The number of benzene rings is 2. The number of alkyl halides is 1. The summed E-state index contributed by atoms with van der Waals surface area (Å²) in [5, 5.41) is 33.1. The predicted molar refractivity (Wildman–Crippen MR) is 166 cm³/mol. The Morgan fingerprint density at radius 2 is 1.85 bits per heavy atom. The molecule has 12 heteroatoms. The van der Waals surface area contributed by atoms with Gasteiger partial charge in [0.15, 0.2) is 5.82 Å². The van der Waals surface area contributed by atoms with Crippen LogP contribution in [0.5, 0.6) is 11.8 Å². The minimum absolute atomic E-state index is 0.0643. The van der Waals surface area contributed by atoms with Gasteiger partial charge in [0.1, 0.15) is 41.4 Å². The van der Waals surface area contributed by atoms with E-state index < -0.39 is 35.6 Å². The molecule has 3 N–H and O–H groups in total. The third kappa shape index (κ3) is 4.59. The van der Waals surface area contributed by atoms with Crippen molar-refractivity contribution in [3.8, 4) is 23.0 Å². The number of aromatic nitrogens is 3. The number of aliphatic hydroxyl groups excluding tert-OH is 2. The van der Waals surface area contributed by atoms with Crippen molar-refractivity contribution in [2.45, 2.75) is 62.9 Å². The highest BCUT2D eigenvalue weighted by molar-refractivity contribution is 6.01. The second-order valence-electron chi connectivity index (χ2n) is 13.5. The Morgan fingerprint density at radius 1 is 1.07 bits per heavy atom. The van der Waals surface area contributed by atoms with E-state index in [4.69, 9.17) is 9.72 Å². The molecule has 3 saturated heterocycles. The molecule has 2 aromatic carbocycles. The lowest BCUT2D eigenvalue weighted by atomic mass is 9.94. The van der Waals surface area contributed by atoms with E-state index in [2.05, 4.69) is 14.9 Å². The van der Waals surface area contributed by atoms with Crippen LogP contribution in [0.1, 0.15) is 38.2 Å². The third-order valence-electron chi connectivity index (χ3n) is 10.8. The van der Waals surface area contributed by atoms with Crippen molar-refractivity contribution in [1.82, 2.24) is 19.9 Å². The summed E-state index contributed by atoms with van der Waals surface area (Å²) in [6.07, 6.45) is 1.87. The molecule has 0 spiro atoms. The summed E-state index contributed by atoms with van der Waals surface area (Å²) in [4.78, 5) is 17.8. The van der Waals surface area contributed by atoms with Gasteiger partial charge in [0.05, 0.1) is 23.1 Å². The molecule has 6 atom stereocenters. The number of hydrogen-bond acceptors (Lipinski definition) is 9.